The Bertz CT molecular complexity index is 443. The molecule has 0 amide bonds. The Morgan fingerprint density at radius 2 is 1.89 bits per heavy atom. The Kier molecular flexibility index (Phi) is 5.47. The minimum absolute atomic E-state index is 0.222. The molecule has 0 bridgehead atoms. The second-order valence-corrected chi connectivity index (χ2v) is 5.93. The molecule has 0 spiro atoms. The Morgan fingerprint density at radius 3 is 2.39 bits per heavy atom. The third kappa shape index (κ3) is 3.18. The predicted octanol–water partition coefficient (Wildman–Crippen LogP) is 3.36. The SMILES string of the molecule is CCOP(=O)(OCC)[C@H](N)c1cccc(F)c1C. The van der Waals surface area contributed by atoms with Crippen molar-refractivity contribution in [3.63, 3.8) is 0 Å². The predicted molar refractivity (Wildman–Crippen MR) is 68.9 cm³/mol. The van der Waals surface area contributed by atoms with Crippen LogP contribution in [0.25, 0.3) is 0 Å². The molecule has 2 N–H and O–H groups in total. The van der Waals surface area contributed by atoms with Crippen molar-refractivity contribution in [2.24, 2.45) is 5.73 Å². The van der Waals surface area contributed by atoms with E-state index in [9.17, 15) is 8.96 Å². The largest absolute Gasteiger partial charge is 0.351 e. The van der Waals surface area contributed by atoms with Gasteiger partial charge in [0.1, 0.15) is 11.6 Å². The molecule has 0 fully saturated rings. The second kappa shape index (κ2) is 6.43. The first-order valence-corrected chi connectivity index (χ1v) is 7.46. The minimum atomic E-state index is -3.47. The van der Waals surface area contributed by atoms with Crippen LogP contribution < -0.4 is 5.73 Å². The van der Waals surface area contributed by atoms with Crippen LogP contribution in [0.1, 0.15) is 30.8 Å². The van der Waals surface area contributed by atoms with Gasteiger partial charge in [-0.15, -0.1) is 0 Å². The summed E-state index contributed by atoms with van der Waals surface area (Å²) in [7, 11) is -3.47. The number of hydrogen-bond acceptors (Lipinski definition) is 4. The Morgan fingerprint density at radius 1 is 1.33 bits per heavy atom. The highest BCUT2D eigenvalue weighted by molar-refractivity contribution is 7.54. The fourth-order valence-corrected chi connectivity index (χ4v) is 3.41. The third-order valence-corrected chi connectivity index (χ3v) is 4.78. The lowest BCUT2D eigenvalue weighted by Gasteiger charge is -2.24. The van der Waals surface area contributed by atoms with Crippen molar-refractivity contribution < 1.29 is 18.0 Å². The van der Waals surface area contributed by atoms with Crippen LogP contribution in [0.4, 0.5) is 4.39 Å². The number of rotatable bonds is 6. The van der Waals surface area contributed by atoms with Crippen LogP contribution in [0.15, 0.2) is 18.2 Å². The molecule has 0 saturated heterocycles. The van der Waals surface area contributed by atoms with Gasteiger partial charge in [-0.05, 0) is 38.0 Å². The van der Waals surface area contributed by atoms with Crippen molar-refractivity contribution in [2.45, 2.75) is 26.6 Å². The van der Waals surface area contributed by atoms with Gasteiger partial charge in [-0.3, -0.25) is 4.57 Å². The third-order valence-electron chi connectivity index (χ3n) is 2.59. The molecule has 0 aromatic heterocycles. The van der Waals surface area contributed by atoms with E-state index in [1.54, 1.807) is 26.8 Å². The summed E-state index contributed by atoms with van der Waals surface area (Å²) in [5, 5.41) is 0. The first-order chi connectivity index (χ1) is 8.46. The molecule has 0 aliphatic carbocycles. The zero-order chi connectivity index (χ0) is 13.8. The van der Waals surface area contributed by atoms with Gasteiger partial charge in [0, 0.05) is 0 Å². The van der Waals surface area contributed by atoms with Gasteiger partial charge >= 0.3 is 7.60 Å². The highest BCUT2D eigenvalue weighted by atomic mass is 31.2. The van der Waals surface area contributed by atoms with Gasteiger partial charge in [0.25, 0.3) is 0 Å². The lowest BCUT2D eigenvalue weighted by atomic mass is 10.1. The zero-order valence-electron chi connectivity index (χ0n) is 10.9. The fourth-order valence-electron chi connectivity index (χ4n) is 1.67. The standard InChI is InChI=1S/C12H19FNO3P/c1-4-16-18(15,17-5-2)12(14)10-7-6-8-11(13)9(10)3/h6-8,12H,4-5,14H2,1-3H3/t12-/m0/s1. The molecular formula is C12H19FNO3P. The van der Waals surface area contributed by atoms with Crippen LogP contribution in [0, 0.1) is 12.7 Å². The Balaban J connectivity index is 3.13. The molecule has 6 heteroatoms. The van der Waals surface area contributed by atoms with E-state index in [4.69, 9.17) is 14.8 Å². The number of nitrogens with two attached hydrogens (primary N) is 1. The van der Waals surface area contributed by atoms with Crippen LogP contribution in [0.2, 0.25) is 0 Å². The van der Waals surface area contributed by atoms with Crippen molar-refractivity contribution in [3.8, 4) is 0 Å². The van der Waals surface area contributed by atoms with Crippen LogP contribution in [0.3, 0.4) is 0 Å². The van der Waals surface area contributed by atoms with Crippen molar-refractivity contribution in [1.29, 1.82) is 0 Å². The van der Waals surface area contributed by atoms with Gasteiger partial charge in [0.15, 0.2) is 0 Å². The summed E-state index contributed by atoms with van der Waals surface area (Å²) < 4.78 is 36.3. The average molecular weight is 275 g/mol. The molecule has 102 valence electrons. The van der Waals surface area contributed by atoms with Gasteiger partial charge < -0.3 is 14.8 Å². The van der Waals surface area contributed by atoms with E-state index < -0.39 is 13.4 Å². The molecular weight excluding hydrogens is 256 g/mol. The van der Waals surface area contributed by atoms with E-state index >= 15 is 0 Å². The molecule has 0 aliphatic rings. The molecule has 1 aromatic rings. The van der Waals surface area contributed by atoms with E-state index in [-0.39, 0.29) is 19.0 Å². The zero-order valence-corrected chi connectivity index (χ0v) is 11.7. The first-order valence-electron chi connectivity index (χ1n) is 5.85. The Hall–Kier alpha value is -0.740. The molecule has 1 aromatic carbocycles. The van der Waals surface area contributed by atoms with Gasteiger partial charge in [-0.1, -0.05) is 12.1 Å². The molecule has 0 radical (unpaired) electrons. The van der Waals surface area contributed by atoms with Gasteiger partial charge in [-0.2, -0.15) is 0 Å². The van der Waals surface area contributed by atoms with E-state index in [0.717, 1.165) is 0 Å². The normalized spacial score (nSPS) is 13.6. The number of benzene rings is 1. The highest BCUT2D eigenvalue weighted by Crippen LogP contribution is 2.58. The molecule has 0 aliphatic heterocycles. The van der Waals surface area contributed by atoms with Crippen LogP contribution in [-0.4, -0.2) is 13.2 Å². The van der Waals surface area contributed by atoms with Gasteiger partial charge in [0.05, 0.1) is 13.2 Å². The summed E-state index contributed by atoms with van der Waals surface area (Å²) in [6, 6.07) is 4.49. The van der Waals surface area contributed by atoms with Crippen molar-refractivity contribution in [1.82, 2.24) is 0 Å². The Labute approximate surface area is 107 Å². The summed E-state index contributed by atoms with van der Waals surface area (Å²) >= 11 is 0. The highest BCUT2D eigenvalue weighted by Gasteiger charge is 2.35. The summed E-state index contributed by atoms with van der Waals surface area (Å²) in [4.78, 5) is 0. The summed E-state index contributed by atoms with van der Waals surface area (Å²) in [6.45, 7) is 5.44. The lowest BCUT2D eigenvalue weighted by Crippen LogP contribution is -2.16. The second-order valence-electron chi connectivity index (χ2n) is 3.77. The fraction of sp³-hybridized carbons (Fsp3) is 0.500. The smallest absolute Gasteiger partial charge is 0.314 e. The average Bonchev–Trinajstić information content (AvgIpc) is 2.32. The molecule has 18 heavy (non-hydrogen) atoms. The first kappa shape index (κ1) is 15.3. The van der Waals surface area contributed by atoms with E-state index in [1.165, 1.54) is 12.1 Å². The van der Waals surface area contributed by atoms with Crippen molar-refractivity contribution >= 4 is 7.60 Å². The van der Waals surface area contributed by atoms with E-state index in [0.29, 0.717) is 11.1 Å². The monoisotopic (exact) mass is 275 g/mol. The molecule has 4 nitrogen and oxygen atoms in total. The molecule has 1 atom stereocenters. The maximum absolute atomic E-state index is 13.5. The van der Waals surface area contributed by atoms with Crippen LogP contribution in [0.5, 0.6) is 0 Å². The van der Waals surface area contributed by atoms with E-state index in [1.807, 2.05) is 0 Å². The summed E-state index contributed by atoms with van der Waals surface area (Å²) in [5.74, 6) is -1.37. The maximum Gasteiger partial charge on any atom is 0.351 e. The maximum atomic E-state index is 13.5. The number of hydrogen-bond donors (Lipinski definition) is 1. The quantitative estimate of drug-likeness (QED) is 0.809. The van der Waals surface area contributed by atoms with E-state index in [2.05, 4.69) is 0 Å². The topological polar surface area (TPSA) is 61.5 Å². The summed E-state index contributed by atoms with van der Waals surface area (Å²) in [5.41, 5.74) is 6.75. The van der Waals surface area contributed by atoms with Gasteiger partial charge in [0.2, 0.25) is 0 Å². The molecule has 0 heterocycles. The molecule has 0 unspecified atom stereocenters. The number of halogens is 1. The van der Waals surface area contributed by atoms with Gasteiger partial charge in [-0.25, -0.2) is 4.39 Å². The summed E-state index contributed by atoms with van der Waals surface area (Å²) in [6.07, 6.45) is 0. The van der Waals surface area contributed by atoms with Crippen LogP contribution in [-0.2, 0) is 13.6 Å². The van der Waals surface area contributed by atoms with Crippen LogP contribution >= 0.6 is 7.60 Å². The molecule has 1 rings (SSSR count). The lowest BCUT2D eigenvalue weighted by molar-refractivity contribution is 0.212. The molecule has 0 saturated carbocycles. The minimum Gasteiger partial charge on any atom is -0.314 e. The van der Waals surface area contributed by atoms with Crippen molar-refractivity contribution in [2.75, 3.05) is 13.2 Å². The van der Waals surface area contributed by atoms with Crippen molar-refractivity contribution in [3.05, 3.63) is 35.1 Å².